The van der Waals surface area contributed by atoms with Gasteiger partial charge in [0.15, 0.2) is 17.2 Å². The maximum absolute atomic E-state index is 12.2. The number of carbonyl (C=O) groups is 2. The molecule has 3 aromatic heterocycles. The zero-order valence-electron chi connectivity index (χ0n) is 22.2. The molecule has 202 valence electrons. The van der Waals surface area contributed by atoms with Crippen LogP contribution >= 0.6 is 0 Å². The second kappa shape index (κ2) is 11.6. The summed E-state index contributed by atoms with van der Waals surface area (Å²) in [7, 11) is 7.48. The fourth-order valence-electron chi connectivity index (χ4n) is 3.84. The van der Waals surface area contributed by atoms with Crippen LogP contribution in [0.5, 0.6) is 5.75 Å². The second-order valence-electron chi connectivity index (χ2n) is 8.84. The normalized spacial score (nSPS) is 10.9. The minimum Gasteiger partial charge on any atom is -0.494 e. The molecule has 13 nitrogen and oxygen atoms in total. The molecule has 0 bridgehead atoms. The molecule has 13 heteroatoms. The number of carbonyl (C=O) groups excluding carboxylic acids is 2. The molecular weight excluding hydrogens is 500 g/mol. The van der Waals surface area contributed by atoms with Crippen molar-refractivity contribution in [3.63, 3.8) is 0 Å². The molecule has 0 spiro atoms. The van der Waals surface area contributed by atoms with Gasteiger partial charge in [-0.15, -0.1) is 0 Å². The van der Waals surface area contributed by atoms with Gasteiger partial charge in [0.05, 0.1) is 24.2 Å². The summed E-state index contributed by atoms with van der Waals surface area (Å²) in [5, 5.41) is 6.03. The van der Waals surface area contributed by atoms with Crippen molar-refractivity contribution < 1.29 is 14.3 Å². The molecule has 0 atom stereocenters. The molecule has 2 amide bonds. The van der Waals surface area contributed by atoms with Crippen molar-refractivity contribution in [2.24, 2.45) is 5.73 Å². The second-order valence-corrected chi connectivity index (χ2v) is 8.84. The van der Waals surface area contributed by atoms with E-state index in [9.17, 15) is 9.59 Å². The van der Waals surface area contributed by atoms with Crippen LogP contribution in [0.2, 0.25) is 0 Å². The van der Waals surface area contributed by atoms with Crippen molar-refractivity contribution in [3.05, 3.63) is 61.2 Å². The summed E-state index contributed by atoms with van der Waals surface area (Å²) < 4.78 is 7.29. The van der Waals surface area contributed by atoms with Gasteiger partial charge in [0.25, 0.3) is 5.91 Å². The number of fused-ring (bicyclic) bond motifs is 1. The molecule has 0 fully saturated rings. The molecule has 0 saturated heterocycles. The molecule has 0 radical (unpaired) electrons. The Hall–Kier alpha value is -5.04. The highest BCUT2D eigenvalue weighted by atomic mass is 16.5. The monoisotopic (exact) mass is 530 g/mol. The summed E-state index contributed by atoms with van der Waals surface area (Å²) in [5.41, 5.74) is 8.14. The van der Waals surface area contributed by atoms with Gasteiger partial charge in [0.2, 0.25) is 11.9 Å². The lowest BCUT2D eigenvalue weighted by molar-refractivity contribution is -0.111. The van der Waals surface area contributed by atoms with E-state index in [0.717, 1.165) is 12.2 Å². The zero-order chi connectivity index (χ0) is 28.1. The summed E-state index contributed by atoms with van der Waals surface area (Å²) in [4.78, 5) is 45.8. The van der Waals surface area contributed by atoms with E-state index in [-0.39, 0.29) is 17.5 Å². The van der Waals surface area contributed by atoms with E-state index in [2.05, 4.69) is 42.0 Å². The van der Waals surface area contributed by atoms with E-state index >= 15 is 0 Å². The van der Waals surface area contributed by atoms with Crippen molar-refractivity contribution in [2.75, 3.05) is 56.9 Å². The molecule has 0 aliphatic rings. The van der Waals surface area contributed by atoms with E-state index in [4.69, 9.17) is 10.5 Å². The third-order valence-electron chi connectivity index (χ3n) is 5.82. The van der Waals surface area contributed by atoms with Crippen LogP contribution in [0, 0.1) is 0 Å². The lowest BCUT2D eigenvalue weighted by atomic mass is 10.2. The van der Waals surface area contributed by atoms with Crippen LogP contribution in [-0.4, -0.2) is 82.4 Å². The lowest BCUT2D eigenvalue weighted by Crippen LogP contribution is -2.29. The van der Waals surface area contributed by atoms with Crippen LogP contribution in [0.3, 0.4) is 0 Å². The molecule has 4 rings (SSSR count). The first kappa shape index (κ1) is 27.0. The highest BCUT2D eigenvalue weighted by molar-refractivity contribution is 6.02. The standard InChI is InChI=1S/C26H30N10O3/c1-6-21(37)30-17-14-18(20(39-5)15-19(17)35(4)13-12-34(2)3)32-26-29-10-8-16(31-26)24-33-22(23(27)38)25-28-9-7-11-36(24)25/h6-11,14-15H,1,12-13H2,2-5H3,(H2,27,38)(H,30,37)(H,29,31,32). The number of hydrogen-bond acceptors (Lipinski definition) is 10. The highest BCUT2D eigenvalue weighted by Crippen LogP contribution is 2.38. The fraction of sp³-hybridized carbons (Fsp3) is 0.231. The predicted octanol–water partition coefficient (Wildman–Crippen LogP) is 2.16. The van der Waals surface area contributed by atoms with Gasteiger partial charge in [0, 0.05) is 44.8 Å². The number of rotatable bonds is 11. The Morgan fingerprint density at radius 3 is 2.62 bits per heavy atom. The fourth-order valence-corrected chi connectivity index (χ4v) is 3.84. The molecule has 0 saturated carbocycles. The number of primary amides is 1. The van der Waals surface area contributed by atoms with Crippen LogP contribution < -0.4 is 26.0 Å². The van der Waals surface area contributed by atoms with Crippen molar-refractivity contribution in [2.45, 2.75) is 0 Å². The van der Waals surface area contributed by atoms with Gasteiger partial charge < -0.3 is 30.9 Å². The van der Waals surface area contributed by atoms with Gasteiger partial charge in [-0.1, -0.05) is 6.58 Å². The molecule has 39 heavy (non-hydrogen) atoms. The zero-order valence-corrected chi connectivity index (χ0v) is 22.2. The van der Waals surface area contributed by atoms with Crippen LogP contribution in [-0.2, 0) is 4.79 Å². The van der Waals surface area contributed by atoms with Gasteiger partial charge in [-0.25, -0.2) is 19.9 Å². The number of amides is 2. The molecule has 0 aliphatic carbocycles. The first-order valence-corrected chi connectivity index (χ1v) is 12.0. The molecule has 0 unspecified atom stereocenters. The topological polar surface area (TPSA) is 156 Å². The highest BCUT2D eigenvalue weighted by Gasteiger charge is 2.20. The summed E-state index contributed by atoms with van der Waals surface area (Å²) >= 11 is 0. The summed E-state index contributed by atoms with van der Waals surface area (Å²) in [6, 6.07) is 6.95. The number of ether oxygens (including phenoxy) is 1. The smallest absolute Gasteiger partial charge is 0.271 e. The van der Waals surface area contributed by atoms with Crippen molar-refractivity contribution in [1.82, 2.24) is 29.2 Å². The summed E-state index contributed by atoms with van der Waals surface area (Å²) in [6.45, 7) is 5.08. The first-order chi connectivity index (χ1) is 18.7. The third kappa shape index (κ3) is 5.93. The predicted molar refractivity (Wildman–Crippen MR) is 149 cm³/mol. The molecule has 4 aromatic rings. The van der Waals surface area contributed by atoms with Gasteiger partial charge in [-0.05, 0) is 38.4 Å². The van der Waals surface area contributed by atoms with Crippen LogP contribution in [0.4, 0.5) is 23.0 Å². The van der Waals surface area contributed by atoms with Crippen LogP contribution in [0.1, 0.15) is 10.5 Å². The largest absolute Gasteiger partial charge is 0.494 e. The number of anilines is 4. The van der Waals surface area contributed by atoms with E-state index < -0.39 is 5.91 Å². The van der Waals surface area contributed by atoms with Crippen molar-refractivity contribution in [3.8, 4) is 17.3 Å². The van der Waals surface area contributed by atoms with Gasteiger partial charge >= 0.3 is 0 Å². The maximum Gasteiger partial charge on any atom is 0.271 e. The molecule has 1 aromatic carbocycles. The van der Waals surface area contributed by atoms with E-state index in [0.29, 0.717) is 40.8 Å². The van der Waals surface area contributed by atoms with Crippen molar-refractivity contribution >= 4 is 40.5 Å². The number of imidazole rings is 1. The number of benzene rings is 1. The Labute approximate surface area is 225 Å². The number of hydrogen-bond donors (Lipinski definition) is 3. The van der Waals surface area contributed by atoms with E-state index in [1.165, 1.54) is 6.08 Å². The molecule has 4 N–H and O–H groups in total. The van der Waals surface area contributed by atoms with E-state index in [1.54, 1.807) is 48.3 Å². The number of nitrogens with zero attached hydrogens (tertiary/aromatic N) is 7. The maximum atomic E-state index is 12.2. The average Bonchev–Trinajstić information content (AvgIpc) is 3.32. The van der Waals surface area contributed by atoms with Gasteiger partial charge in [-0.3, -0.25) is 14.0 Å². The summed E-state index contributed by atoms with van der Waals surface area (Å²) in [6.07, 6.45) is 6.03. The lowest BCUT2D eigenvalue weighted by Gasteiger charge is -2.26. The van der Waals surface area contributed by atoms with Crippen LogP contribution in [0.15, 0.2) is 55.5 Å². The Kier molecular flexibility index (Phi) is 8.01. The Morgan fingerprint density at radius 2 is 1.92 bits per heavy atom. The van der Waals surface area contributed by atoms with E-state index in [1.807, 2.05) is 32.1 Å². The number of nitrogens with two attached hydrogens (primary N) is 1. The minimum atomic E-state index is -0.695. The Morgan fingerprint density at radius 1 is 1.13 bits per heavy atom. The number of likely N-dealkylation sites (N-methyl/N-ethyl adjacent to an activating group) is 2. The number of aromatic nitrogens is 5. The third-order valence-corrected chi connectivity index (χ3v) is 5.82. The summed E-state index contributed by atoms with van der Waals surface area (Å²) in [5.74, 6) is 0.0812. The van der Waals surface area contributed by atoms with Gasteiger partial charge in [0.1, 0.15) is 11.4 Å². The van der Waals surface area contributed by atoms with Crippen LogP contribution in [0.25, 0.3) is 17.2 Å². The minimum absolute atomic E-state index is 0.0389. The quantitative estimate of drug-likeness (QED) is 0.246. The molecular formula is C26H30N10O3. The van der Waals surface area contributed by atoms with Crippen molar-refractivity contribution in [1.29, 1.82) is 0 Å². The average molecular weight is 531 g/mol. The van der Waals surface area contributed by atoms with Gasteiger partial charge in [-0.2, -0.15) is 0 Å². The SMILES string of the molecule is C=CC(=O)Nc1cc(Nc2nccc(-c3nc(C(N)=O)c4ncccn34)n2)c(OC)cc1N(C)CCN(C)C. The first-order valence-electron chi connectivity index (χ1n) is 12.0. The molecule has 0 aliphatic heterocycles. The number of nitrogens with one attached hydrogen (secondary N) is 2. The molecule has 3 heterocycles. The Bertz CT molecular complexity index is 1530. The number of methoxy groups -OCH3 is 1. The Balaban J connectivity index is 1.73.